The largest absolute Gasteiger partial charge is 0.492 e. The van der Waals surface area contributed by atoms with Crippen molar-refractivity contribution in [3.05, 3.63) is 60.7 Å². The minimum Gasteiger partial charge on any atom is -0.492 e. The molecule has 29 heavy (non-hydrogen) atoms. The van der Waals surface area contributed by atoms with Gasteiger partial charge in [0.25, 0.3) is 0 Å². The van der Waals surface area contributed by atoms with Gasteiger partial charge in [-0.2, -0.15) is 5.10 Å². The van der Waals surface area contributed by atoms with Crippen molar-refractivity contribution in [2.24, 2.45) is 7.05 Å². The number of hydrogen-bond donors (Lipinski definition) is 1. The molecule has 0 fully saturated rings. The first-order chi connectivity index (χ1) is 14.0. The molecule has 0 saturated carbocycles. The van der Waals surface area contributed by atoms with Crippen LogP contribution in [-0.2, 0) is 16.9 Å². The van der Waals surface area contributed by atoms with Gasteiger partial charge in [0.05, 0.1) is 10.4 Å². The quantitative estimate of drug-likeness (QED) is 0.473. The molecule has 0 atom stereocenters. The van der Waals surface area contributed by atoms with E-state index in [0.29, 0.717) is 23.1 Å². The number of ether oxygens (including phenoxy) is 1. The van der Waals surface area contributed by atoms with Gasteiger partial charge in [-0.1, -0.05) is 43.3 Å². The predicted molar refractivity (Wildman–Crippen MR) is 114 cm³/mol. The summed E-state index contributed by atoms with van der Waals surface area (Å²) in [6.45, 7) is 4.14. The fourth-order valence-electron chi connectivity index (χ4n) is 3.45. The van der Waals surface area contributed by atoms with E-state index in [4.69, 9.17) is 4.74 Å². The fourth-order valence-corrected chi connectivity index (χ4v) is 5.08. The Balaban J connectivity index is 1.81. The number of hydrogen-bond acceptors (Lipinski definition) is 5. The van der Waals surface area contributed by atoms with Crippen LogP contribution in [-0.4, -0.2) is 37.9 Å². The average Bonchev–Trinajstić information content (AvgIpc) is 3.07. The van der Waals surface area contributed by atoms with E-state index in [-0.39, 0.29) is 9.92 Å². The van der Waals surface area contributed by atoms with Gasteiger partial charge in [0.1, 0.15) is 12.4 Å². The summed E-state index contributed by atoms with van der Waals surface area (Å²) in [5, 5.41) is 9.72. The minimum atomic E-state index is -3.82. The Hall–Kier alpha value is -2.90. The van der Waals surface area contributed by atoms with Crippen LogP contribution in [0.4, 0.5) is 0 Å². The first kappa shape index (κ1) is 19.4. The Morgan fingerprint density at radius 3 is 2.66 bits per heavy atom. The molecule has 3 aromatic carbocycles. The lowest BCUT2D eigenvalue weighted by molar-refractivity contribution is 0.316. The molecule has 150 valence electrons. The van der Waals surface area contributed by atoms with Crippen molar-refractivity contribution >= 4 is 31.5 Å². The molecule has 6 nitrogen and oxygen atoms in total. The molecule has 0 spiro atoms. The van der Waals surface area contributed by atoms with Gasteiger partial charge in [-0.3, -0.25) is 4.68 Å². The summed E-state index contributed by atoms with van der Waals surface area (Å²) in [6.07, 6.45) is 0. The molecule has 0 aliphatic carbocycles. The summed E-state index contributed by atoms with van der Waals surface area (Å²) in [5.41, 5.74) is 0.739. The lowest BCUT2D eigenvalue weighted by atomic mass is 10.1. The standard InChI is InChI=1S/C22H23N3O3S/c1-3-23-13-14-28-17-11-12-20-19(15-17)22(24-25(20)2)29(26,27)21-10-6-8-16-7-4-5-9-18(16)21/h4-12,15,23H,3,13-14H2,1-2H3. The lowest BCUT2D eigenvalue weighted by Gasteiger charge is -2.08. The zero-order chi connectivity index (χ0) is 20.4. The van der Waals surface area contributed by atoms with Gasteiger partial charge in [0.2, 0.25) is 9.84 Å². The number of sulfone groups is 1. The van der Waals surface area contributed by atoms with Crippen LogP contribution < -0.4 is 10.1 Å². The molecule has 0 aliphatic rings. The van der Waals surface area contributed by atoms with Gasteiger partial charge in [-0.25, -0.2) is 8.42 Å². The van der Waals surface area contributed by atoms with E-state index in [0.717, 1.165) is 24.0 Å². The van der Waals surface area contributed by atoms with Crippen LogP contribution in [0.1, 0.15) is 6.92 Å². The van der Waals surface area contributed by atoms with E-state index in [1.807, 2.05) is 49.4 Å². The number of rotatable bonds is 7. The van der Waals surface area contributed by atoms with Crippen molar-refractivity contribution in [2.75, 3.05) is 19.7 Å². The second-order valence-corrected chi connectivity index (χ2v) is 8.62. The summed E-state index contributed by atoms with van der Waals surface area (Å²) in [5.74, 6) is 0.623. The Labute approximate surface area is 170 Å². The molecule has 1 heterocycles. The van der Waals surface area contributed by atoms with E-state index in [2.05, 4.69) is 10.4 Å². The maximum absolute atomic E-state index is 13.6. The van der Waals surface area contributed by atoms with E-state index in [1.54, 1.807) is 29.9 Å². The Morgan fingerprint density at radius 2 is 1.83 bits per heavy atom. The maximum Gasteiger partial charge on any atom is 0.226 e. The Bertz CT molecular complexity index is 1270. The van der Waals surface area contributed by atoms with Gasteiger partial charge < -0.3 is 10.1 Å². The summed E-state index contributed by atoms with van der Waals surface area (Å²) in [4.78, 5) is 0.258. The average molecular weight is 410 g/mol. The summed E-state index contributed by atoms with van der Waals surface area (Å²) in [7, 11) is -2.07. The first-order valence-corrected chi connectivity index (χ1v) is 11.0. The highest BCUT2D eigenvalue weighted by molar-refractivity contribution is 7.91. The second kappa shape index (κ2) is 7.85. The van der Waals surface area contributed by atoms with Crippen LogP contribution in [0.2, 0.25) is 0 Å². The van der Waals surface area contributed by atoms with Gasteiger partial charge in [0.15, 0.2) is 5.03 Å². The maximum atomic E-state index is 13.6. The molecule has 4 aromatic rings. The smallest absolute Gasteiger partial charge is 0.226 e. The van der Waals surface area contributed by atoms with Crippen molar-refractivity contribution in [3.8, 4) is 5.75 Å². The Morgan fingerprint density at radius 1 is 1.03 bits per heavy atom. The third kappa shape index (κ3) is 3.59. The number of aromatic nitrogens is 2. The van der Waals surface area contributed by atoms with Crippen LogP contribution in [0, 0.1) is 0 Å². The number of benzene rings is 3. The summed E-state index contributed by atoms with van der Waals surface area (Å²) >= 11 is 0. The fraction of sp³-hybridized carbons (Fsp3) is 0.227. The lowest BCUT2D eigenvalue weighted by Crippen LogP contribution is -2.20. The number of nitrogens with one attached hydrogen (secondary N) is 1. The molecule has 7 heteroatoms. The highest BCUT2D eigenvalue weighted by Gasteiger charge is 2.26. The molecule has 0 aliphatic heterocycles. The van der Waals surface area contributed by atoms with Crippen molar-refractivity contribution < 1.29 is 13.2 Å². The molecule has 1 N–H and O–H groups in total. The van der Waals surface area contributed by atoms with Crippen molar-refractivity contribution in [1.29, 1.82) is 0 Å². The molecule has 0 bridgehead atoms. The van der Waals surface area contributed by atoms with Gasteiger partial charge >= 0.3 is 0 Å². The zero-order valence-electron chi connectivity index (χ0n) is 16.4. The normalized spacial score (nSPS) is 11.9. The first-order valence-electron chi connectivity index (χ1n) is 9.55. The molecule has 1 aromatic heterocycles. The zero-order valence-corrected chi connectivity index (χ0v) is 17.2. The number of nitrogens with zero attached hydrogens (tertiary/aromatic N) is 2. The van der Waals surface area contributed by atoms with Crippen LogP contribution in [0.5, 0.6) is 5.75 Å². The SMILES string of the molecule is CCNCCOc1ccc2c(c1)c(S(=O)(=O)c1cccc3ccccc13)nn2C. The molecule has 0 radical (unpaired) electrons. The predicted octanol–water partition coefficient (Wildman–Crippen LogP) is 3.55. The van der Waals surface area contributed by atoms with Gasteiger partial charge in [-0.05, 0) is 36.2 Å². The molecule has 4 rings (SSSR count). The van der Waals surface area contributed by atoms with Crippen LogP contribution in [0.3, 0.4) is 0 Å². The van der Waals surface area contributed by atoms with E-state index >= 15 is 0 Å². The highest BCUT2D eigenvalue weighted by Crippen LogP contribution is 2.33. The minimum absolute atomic E-state index is 0.0449. The third-order valence-corrected chi connectivity index (χ3v) is 6.62. The van der Waals surface area contributed by atoms with Crippen LogP contribution in [0.15, 0.2) is 70.6 Å². The van der Waals surface area contributed by atoms with Crippen molar-refractivity contribution in [1.82, 2.24) is 15.1 Å². The van der Waals surface area contributed by atoms with E-state index in [9.17, 15) is 8.42 Å². The van der Waals surface area contributed by atoms with Crippen LogP contribution in [0.25, 0.3) is 21.7 Å². The highest BCUT2D eigenvalue weighted by atomic mass is 32.2. The van der Waals surface area contributed by atoms with Crippen molar-refractivity contribution in [2.45, 2.75) is 16.8 Å². The van der Waals surface area contributed by atoms with Gasteiger partial charge in [-0.15, -0.1) is 0 Å². The molecular formula is C22H23N3O3S. The Kier molecular flexibility index (Phi) is 5.25. The number of likely N-dealkylation sites (N-methyl/N-ethyl adjacent to an activating group) is 1. The molecule has 0 amide bonds. The molecule has 0 saturated heterocycles. The number of fused-ring (bicyclic) bond motifs is 2. The van der Waals surface area contributed by atoms with Crippen LogP contribution >= 0.6 is 0 Å². The van der Waals surface area contributed by atoms with Gasteiger partial charge in [0, 0.05) is 24.4 Å². The number of aryl methyl sites for hydroxylation is 1. The monoisotopic (exact) mass is 409 g/mol. The summed E-state index contributed by atoms with van der Waals surface area (Å²) < 4.78 is 34.5. The third-order valence-electron chi connectivity index (χ3n) is 4.88. The van der Waals surface area contributed by atoms with E-state index in [1.165, 1.54) is 0 Å². The topological polar surface area (TPSA) is 73.2 Å². The second-order valence-electron chi connectivity index (χ2n) is 6.79. The molecular weight excluding hydrogens is 386 g/mol. The summed E-state index contributed by atoms with van der Waals surface area (Å²) in [6, 6.07) is 18.2. The van der Waals surface area contributed by atoms with E-state index < -0.39 is 9.84 Å². The molecule has 0 unspecified atom stereocenters. The van der Waals surface area contributed by atoms with Crippen molar-refractivity contribution in [3.63, 3.8) is 0 Å².